The number of nitrogens with zero attached hydrogens (tertiary/aromatic N) is 2. The lowest BCUT2D eigenvalue weighted by atomic mass is 10.0. The van der Waals surface area contributed by atoms with E-state index in [2.05, 4.69) is 46.6 Å². The zero-order valence-corrected chi connectivity index (χ0v) is 20.4. The molecule has 178 valence electrons. The van der Waals surface area contributed by atoms with E-state index in [1.54, 1.807) is 18.3 Å². The number of benzene rings is 2. The standard InChI is InChI=1S/C26H28ClN3O4/c1-17-9-11-19(12-10-17)15-33-18(2)21-13-23(27)26(29-14-21)34-16-20-7-5-6-8-22(20)24(30-32-4)25(31)28-3/h5-14,18H,15-16H2,1-4H3,(H,28,31)/b30-24+. The predicted molar refractivity (Wildman–Crippen MR) is 132 cm³/mol. The first-order chi connectivity index (χ1) is 16.4. The fraction of sp³-hybridized carbons (Fsp3) is 0.269. The van der Waals surface area contributed by atoms with E-state index in [-0.39, 0.29) is 30.2 Å². The third kappa shape index (κ3) is 6.56. The number of ether oxygens (including phenoxy) is 2. The van der Waals surface area contributed by atoms with Crippen LogP contribution in [0.4, 0.5) is 0 Å². The quantitative estimate of drug-likeness (QED) is 0.325. The van der Waals surface area contributed by atoms with Crippen LogP contribution in [-0.4, -0.2) is 30.8 Å². The van der Waals surface area contributed by atoms with Crippen LogP contribution < -0.4 is 10.1 Å². The average Bonchev–Trinajstić information content (AvgIpc) is 2.85. The first kappa shape index (κ1) is 25.2. The highest BCUT2D eigenvalue weighted by molar-refractivity contribution is 6.45. The van der Waals surface area contributed by atoms with Gasteiger partial charge in [0, 0.05) is 24.4 Å². The monoisotopic (exact) mass is 481 g/mol. The molecule has 0 bridgehead atoms. The second kappa shape index (κ2) is 12.2. The fourth-order valence-corrected chi connectivity index (χ4v) is 3.45. The number of rotatable bonds is 10. The molecule has 1 unspecified atom stereocenters. The minimum atomic E-state index is -0.366. The third-order valence-electron chi connectivity index (χ3n) is 5.18. The van der Waals surface area contributed by atoms with E-state index in [0.29, 0.717) is 17.2 Å². The Hall–Kier alpha value is -3.42. The Bertz CT molecular complexity index is 1150. The number of carbonyl (C=O) groups is 1. The lowest BCUT2D eigenvalue weighted by Gasteiger charge is -2.15. The number of pyridine rings is 1. The summed E-state index contributed by atoms with van der Waals surface area (Å²) in [5.74, 6) is -0.0782. The van der Waals surface area contributed by atoms with Gasteiger partial charge in [0.05, 0.1) is 12.7 Å². The SMILES string of the molecule is CNC(=O)/C(=N/OC)c1ccccc1COc1ncc(C(C)OCc2ccc(C)cc2)cc1Cl. The molecule has 0 fully saturated rings. The molecule has 8 heteroatoms. The molecule has 1 N–H and O–H groups in total. The van der Waals surface area contributed by atoms with Crippen LogP contribution in [0.2, 0.25) is 5.02 Å². The zero-order chi connectivity index (χ0) is 24.5. The van der Waals surface area contributed by atoms with Crippen LogP contribution in [0, 0.1) is 6.92 Å². The van der Waals surface area contributed by atoms with E-state index in [1.807, 2.05) is 25.1 Å². The summed E-state index contributed by atoms with van der Waals surface area (Å²) in [5.41, 5.74) is 4.63. The van der Waals surface area contributed by atoms with Crippen LogP contribution in [0.25, 0.3) is 0 Å². The smallest absolute Gasteiger partial charge is 0.273 e. The largest absolute Gasteiger partial charge is 0.472 e. The highest BCUT2D eigenvalue weighted by Gasteiger charge is 2.18. The van der Waals surface area contributed by atoms with Crippen LogP contribution in [0.15, 0.2) is 65.9 Å². The first-order valence-corrected chi connectivity index (χ1v) is 11.2. The van der Waals surface area contributed by atoms with Gasteiger partial charge in [0.2, 0.25) is 5.88 Å². The van der Waals surface area contributed by atoms with Crippen molar-refractivity contribution in [3.05, 3.63) is 93.6 Å². The summed E-state index contributed by atoms with van der Waals surface area (Å²) in [6.45, 7) is 4.64. The fourth-order valence-electron chi connectivity index (χ4n) is 3.22. The molecule has 3 rings (SSSR count). The number of oxime groups is 1. The van der Waals surface area contributed by atoms with Crippen molar-refractivity contribution in [2.45, 2.75) is 33.2 Å². The van der Waals surface area contributed by atoms with Crippen LogP contribution in [-0.2, 0) is 27.6 Å². The lowest BCUT2D eigenvalue weighted by molar-refractivity contribution is -0.114. The van der Waals surface area contributed by atoms with Gasteiger partial charge in [-0.3, -0.25) is 4.79 Å². The van der Waals surface area contributed by atoms with Gasteiger partial charge >= 0.3 is 0 Å². The van der Waals surface area contributed by atoms with E-state index < -0.39 is 0 Å². The molecule has 0 aliphatic heterocycles. The normalized spacial score (nSPS) is 12.2. The van der Waals surface area contributed by atoms with E-state index in [1.165, 1.54) is 19.7 Å². The maximum atomic E-state index is 12.2. The number of hydrogen-bond donors (Lipinski definition) is 1. The topological polar surface area (TPSA) is 82.0 Å². The summed E-state index contributed by atoms with van der Waals surface area (Å²) < 4.78 is 11.8. The van der Waals surface area contributed by atoms with Crippen molar-refractivity contribution in [3.63, 3.8) is 0 Å². The van der Waals surface area contributed by atoms with Crippen molar-refractivity contribution >= 4 is 23.2 Å². The first-order valence-electron chi connectivity index (χ1n) is 10.8. The molecule has 0 spiro atoms. The van der Waals surface area contributed by atoms with Gasteiger partial charge in [-0.15, -0.1) is 0 Å². The summed E-state index contributed by atoms with van der Waals surface area (Å²) >= 11 is 6.45. The lowest BCUT2D eigenvalue weighted by Crippen LogP contribution is -2.29. The Morgan fingerprint density at radius 3 is 2.56 bits per heavy atom. The molecule has 1 heterocycles. The molecule has 1 aromatic heterocycles. The van der Waals surface area contributed by atoms with Crippen LogP contribution in [0.3, 0.4) is 0 Å². The minimum absolute atomic E-state index is 0.140. The van der Waals surface area contributed by atoms with Crippen molar-refractivity contribution in [3.8, 4) is 5.88 Å². The molecular weight excluding hydrogens is 454 g/mol. The number of aryl methyl sites for hydroxylation is 1. The second-order valence-corrected chi connectivity index (χ2v) is 8.05. The Morgan fingerprint density at radius 1 is 1.15 bits per heavy atom. The van der Waals surface area contributed by atoms with Gasteiger partial charge in [-0.2, -0.15) is 0 Å². The highest BCUT2D eigenvalue weighted by Crippen LogP contribution is 2.28. The molecule has 0 aliphatic carbocycles. The maximum Gasteiger partial charge on any atom is 0.273 e. The minimum Gasteiger partial charge on any atom is -0.472 e. The van der Waals surface area contributed by atoms with Gasteiger partial charge in [-0.05, 0) is 31.0 Å². The summed E-state index contributed by atoms with van der Waals surface area (Å²) in [7, 11) is 2.92. The molecule has 0 radical (unpaired) electrons. The molecule has 1 atom stereocenters. The summed E-state index contributed by atoms with van der Waals surface area (Å²) in [5, 5.41) is 6.80. The van der Waals surface area contributed by atoms with E-state index >= 15 is 0 Å². The Kier molecular flexibility index (Phi) is 9.01. The number of halogens is 1. The molecular formula is C26H28ClN3O4. The van der Waals surface area contributed by atoms with Gasteiger partial charge in [-0.25, -0.2) is 4.98 Å². The average molecular weight is 482 g/mol. The Labute approximate surface area is 204 Å². The van der Waals surface area contributed by atoms with Crippen LogP contribution in [0.1, 0.15) is 40.8 Å². The van der Waals surface area contributed by atoms with Crippen LogP contribution >= 0.6 is 11.6 Å². The number of aromatic nitrogens is 1. The van der Waals surface area contributed by atoms with Gasteiger partial charge in [0.1, 0.15) is 18.7 Å². The van der Waals surface area contributed by atoms with Crippen molar-refractivity contribution in [2.75, 3.05) is 14.2 Å². The second-order valence-electron chi connectivity index (χ2n) is 7.64. The zero-order valence-electron chi connectivity index (χ0n) is 19.7. The van der Waals surface area contributed by atoms with Crippen LogP contribution in [0.5, 0.6) is 5.88 Å². The molecule has 0 saturated heterocycles. The Balaban J connectivity index is 1.68. The molecule has 34 heavy (non-hydrogen) atoms. The number of amides is 1. The summed E-state index contributed by atoms with van der Waals surface area (Å²) in [6, 6.07) is 17.3. The summed E-state index contributed by atoms with van der Waals surface area (Å²) in [6.07, 6.45) is 1.50. The van der Waals surface area contributed by atoms with Crippen molar-refractivity contribution in [2.24, 2.45) is 5.16 Å². The molecule has 3 aromatic rings. The predicted octanol–water partition coefficient (Wildman–Crippen LogP) is 5.00. The van der Waals surface area contributed by atoms with E-state index in [9.17, 15) is 4.79 Å². The molecule has 0 aliphatic rings. The molecule has 0 saturated carbocycles. The number of likely N-dealkylation sites (N-methyl/N-ethyl adjacent to an activating group) is 1. The number of hydrogen-bond acceptors (Lipinski definition) is 6. The van der Waals surface area contributed by atoms with Gasteiger partial charge in [0.15, 0.2) is 5.71 Å². The van der Waals surface area contributed by atoms with Gasteiger partial charge < -0.3 is 19.6 Å². The maximum absolute atomic E-state index is 12.2. The van der Waals surface area contributed by atoms with Crippen molar-refractivity contribution < 1.29 is 19.1 Å². The van der Waals surface area contributed by atoms with Gasteiger partial charge in [0.25, 0.3) is 5.91 Å². The Morgan fingerprint density at radius 2 is 1.88 bits per heavy atom. The summed E-state index contributed by atoms with van der Waals surface area (Å²) in [4.78, 5) is 21.5. The van der Waals surface area contributed by atoms with E-state index in [4.69, 9.17) is 25.9 Å². The van der Waals surface area contributed by atoms with Crippen molar-refractivity contribution in [1.29, 1.82) is 0 Å². The molecule has 7 nitrogen and oxygen atoms in total. The number of carbonyl (C=O) groups excluding carboxylic acids is 1. The molecule has 1 amide bonds. The van der Waals surface area contributed by atoms with Crippen molar-refractivity contribution in [1.82, 2.24) is 10.3 Å². The number of nitrogens with one attached hydrogen (secondary N) is 1. The van der Waals surface area contributed by atoms with Gasteiger partial charge in [-0.1, -0.05) is 70.9 Å². The molecule has 2 aromatic carbocycles. The third-order valence-corrected chi connectivity index (χ3v) is 5.45. The van der Waals surface area contributed by atoms with E-state index in [0.717, 1.165) is 16.7 Å². The highest BCUT2D eigenvalue weighted by atomic mass is 35.5.